The van der Waals surface area contributed by atoms with Gasteiger partial charge in [0.05, 0.1) is 0 Å². The number of carbonyl (C=O) groups excluding carboxylic acids is 2. The lowest BCUT2D eigenvalue weighted by Crippen LogP contribution is -2.49. The zero-order valence-corrected chi connectivity index (χ0v) is 15.7. The van der Waals surface area contributed by atoms with Gasteiger partial charge in [-0.15, -0.1) is 0 Å². The van der Waals surface area contributed by atoms with Crippen LogP contribution in [-0.4, -0.2) is 59.4 Å². The lowest BCUT2D eigenvalue weighted by Gasteiger charge is -2.34. The molecule has 2 amide bonds. The third kappa shape index (κ3) is 5.40. The van der Waals surface area contributed by atoms with Crippen molar-refractivity contribution in [3.8, 4) is 0 Å². The highest BCUT2D eigenvalue weighted by Gasteiger charge is 2.22. The molecule has 27 heavy (non-hydrogen) atoms. The summed E-state index contributed by atoms with van der Waals surface area (Å²) in [6, 6.07) is 8.51. The van der Waals surface area contributed by atoms with Crippen LogP contribution in [0.5, 0.6) is 0 Å². The second kappa shape index (κ2) is 9.32. The quantitative estimate of drug-likeness (QED) is 0.767. The summed E-state index contributed by atoms with van der Waals surface area (Å²) in [6.07, 6.45) is 4.47. The SMILES string of the molecule is O=C(NCCCC(=O)N1CCN(c2ncccn2)CC1)c1ccc(Cl)cc1. The Balaban J connectivity index is 1.35. The molecule has 3 rings (SSSR count). The maximum atomic E-state index is 12.3. The monoisotopic (exact) mass is 387 g/mol. The van der Waals surface area contributed by atoms with Crippen LogP contribution in [0.15, 0.2) is 42.7 Å². The number of piperazine rings is 1. The predicted molar refractivity (Wildman–Crippen MR) is 104 cm³/mol. The molecule has 1 saturated heterocycles. The molecule has 0 aliphatic carbocycles. The molecule has 0 spiro atoms. The summed E-state index contributed by atoms with van der Waals surface area (Å²) in [4.78, 5) is 36.8. The van der Waals surface area contributed by atoms with Crippen molar-refractivity contribution in [2.75, 3.05) is 37.6 Å². The molecule has 7 nitrogen and oxygen atoms in total. The average molecular weight is 388 g/mol. The van der Waals surface area contributed by atoms with E-state index in [0.717, 1.165) is 13.1 Å². The first-order chi connectivity index (χ1) is 13.1. The molecule has 1 fully saturated rings. The number of hydrogen-bond acceptors (Lipinski definition) is 5. The van der Waals surface area contributed by atoms with Gasteiger partial charge in [0.1, 0.15) is 0 Å². The summed E-state index contributed by atoms with van der Waals surface area (Å²) in [5, 5.41) is 3.42. The number of anilines is 1. The van der Waals surface area contributed by atoms with E-state index in [1.807, 2.05) is 4.90 Å². The number of rotatable bonds is 6. The highest BCUT2D eigenvalue weighted by atomic mass is 35.5. The Labute approximate surface area is 163 Å². The standard InChI is InChI=1S/C19H22ClN5O2/c20-16-6-4-15(5-7-16)18(27)21-8-1-3-17(26)24-11-13-25(14-12-24)19-22-9-2-10-23-19/h2,4-7,9-10H,1,3,8,11-14H2,(H,21,27). The summed E-state index contributed by atoms with van der Waals surface area (Å²) in [5.41, 5.74) is 0.560. The molecule has 1 N–H and O–H groups in total. The van der Waals surface area contributed by atoms with E-state index in [1.165, 1.54) is 0 Å². The van der Waals surface area contributed by atoms with E-state index in [9.17, 15) is 9.59 Å². The lowest BCUT2D eigenvalue weighted by molar-refractivity contribution is -0.131. The molecule has 2 aromatic rings. The van der Waals surface area contributed by atoms with E-state index in [1.54, 1.807) is 42.7 Å². The van der Waals surface area contributed by atoms with Crippen LogP contribution in [0.1, 0.15) is 23.2 Å². The Hall–Kier alpha value is -2.67. The molecule has 142 valence electrons. The fourth-order valence-electron chi connectivity index (χ4n) is 2.91. The molecule has 1 aliphatic heterocycles. The Morgan fingerprint density at radius 3 is 2.37 bits per heavy atom. The van der Waals surface area contributed by atoms with Crippen molar-refractivity contribution in [1.29, 1.82) is 0 Å². The summed E-state index contributed by atoms with van der Waals surface area (Å²) < 4.78 is 0. The van der Waals surface area contributed by atoms with Gasteiger partial charge in [0.25, 0.3) is 5.91 Å². The highest BCUT2D eigenvalue weighted by molar-refractivity contribution is 6.30. The fraction of sp³-hybridized carbons (Fsp3) is 0.368. The predicted octanol–water partition coefficient (Wildman–Crippen LogP) is 1.99. The summed E-state index contributed by atoms with van der Waals surface area (Å²) >= 11 is 5.81. The lowest BCUT2D eigenvalue weighted by atomic mass is 10.2. The van der Waals surface area contributed by atoms with Crippen LogP contribution in [0, 0.1) is 0 Å². The summed E-state index contributed by atoms with van der Waals surface area (Å²) in [5.74, 6) is 0.662. The van der Waals surface area contributed by atoms with Gasteiger partial charge in [-0.3, -0.25) is 9.59 Å². The van der Waals surface area contributed by atoms with Gasteiger partial charge in [-0.1, -0.05) is 11.6 Å². The van der Waals surface area contributed by atoms with Gasteiger partial charge in [0.2, 0.25) is 11.9 Å². The molecular weight excluding hydrogens is 366 g/mol. The van der Waals surface area contributed by atoms with Gasteiger partial charge >= 0.3 is 0 Å². The van der Waals surface area contributed by atoms with Gasteiger partial charge in [0, 0.05) is 62.1 Å². The van der Waals surface area contributed by atoms with E-state index in [-0.39, 0.29) is 11.8 Å². The largest absolute Gasteiger partial charge is 0.352 e. The third-order valence-corrected chi connectivity index (χ3v) is 4.68. The first-order valence-corrected chi connectivity index (χ1v) is 9.35. The molecular formula is C19H22ClN5O2. The van der Waals surface area contributed by atoms with Gasteiger partial charge in [-0.25, -0.2) is 9.97 Å². The first kappa shape index (κ1) is 19.1. The van der Waals surface area contributed by atoms with E-state index in [0.29, 0.717) is 49.0 Å². The smallest absolute Gasteiger partial charge is 0.251 e. The molecule has 0 bridgehead atoms. The van der Waals surface area contributed by atoms with Crippen molar-refractivity contribution in [3.63, 3.8) is 0 Å². The van der Waals surface area contributed by atoms with Crippen LogP contribution >= 0.6 is 11.6 Å². The maximum Gasteiger partial charge on any atom is 0.251 e. The molecule has 1 aromatic carbocycles. The number of amides is 2. The van der Waals surface area contributed by atoms with Crippen molar-refractivity contribution >= 4 is 29.4 Å². The molecule has 1 aliphatic rings. The molecule has 2 heterocycles. The first-order valence-electron chi connectivity index (χ1n) is 8.97. The molecule has 0 atom stereocenters. The Morgan fingerprint density at radius 2 is 1.70 bits per heavy atom. The number of aromatic nitrogens is 2. The highest BCUT2D eigenvalue weighted by Crippen LogP contribution is 2.11. The van der Waals surface area contributed by atoms with Crippen molar-refractivity contribution < 1.29 is 9.59 Å². The van der Waals surface area contributed by atoms with Crippen LogP contribution in [0.25, 0.3) is 0 Å². The molecule has 1 aromatic heterocycles. The van der Waals surface area contributed by atoms with Gasteiger partial charge in [-0.05, 0) is 36.8 Å². The van der Waals surface area contributed by atoms with Crippen molar-refractivity contribution in [2.45, 2.75) is 12.8 Å². The van der Waals surface area contributed by atoms with E-state index >= 15 is 0 Å². The fourth-order valence-corrected chi connectivity index (χ4v) is 3.04. The number of carbonyl (C=O) groups is 2. The second-order valence-electron chi connectivity index (χ2n) is 6.28. The Morgan fingerprint density at radius 1 is 1.04 bits per heavy atom. The number of halogens is 1. The number of hydrogen-bond donors (Lipinski definition) is 1. The molecule has 0 saturated carbocycles. The van der Waals surface area contributed by atoms with Crippen molar-refractivity contribution in [1.82, 2.24) is 20.2 Å². The normalized spacial score (nSPS) is 14.1. The number of nitrogens with zero attached hydrogens (tertiary/aromatic N) is 4. The molecule has 0 radical (unpaired) electrons. The average Bonchev–Trinajstić information content (AvgIpc) is 2.72. The van der Waals surface area contributed by atoms with Crippen molar-refractivity contribution in [3.05, 3.63) is 53.3 Å². The third-order valence-electron chi connectivity index (χ3n) is 4.43. The van der Waals surface area contributed by atoms with E-state index < -0.39 is 0 Å². The number of benzene rings is 1. The molecule has 8 heteroatoms. The second-order valence-corrected chi connectivity index (χ2v) is 6.72. The minimum absolute atomic E-state index is 0.115. The van der Waals surface area contributed by atoms with Crippen LogP contribution in [0.4, 0.5) is 5.95 Å². The van der Waals surface area contributed by atoms with E-state index in [2.05, 4.69) is 20.2 Å². The summed E-state index contributed by atoms with van der Waals surface area (Å²) in [6.45, 7) is 3.24. The topological polar surface area (TPSA) is 78.4 Å². The van der Waals surface area contributed by atoms with E-state index in [4.69, 9.17) is 11.6 Å². The van der Waals surface area contributed by atoms with Crippen LogP contribution in [-0.2, 0) is 4.79 Å². The van der Waals surface area contributed by atoms with Gasteiger partial charge in [0.15, 0.2) is 0 Å². The van der Waals surface area contributed by atoms with Crippen LogP contribution < -0.4 is 10.2 Å². The van der Waals surface area contributed by atoms with Crippen molar-refractivity contribution in [2.24, 2.45) is 0 Å². The van der Waals surface area contributed by atoms with Gasteiger partial charge < -0.3 is 15.1 Å². The maximum absolute atomic E-state index is 12.3. The number of nitrogens with one attached hydrogen (secondary N) is 1. The Bertz CT molecular complexity index is 761. The minimum atomic E-state index is -0.157. The molecule has 0 unspecified atom stereocenters. The van der Waals surface area contributed by atoms with Crippen LogP contribution in [0.3, 0.4) is 0 Å². The zero-order chi connectivity index (χ0) is 19.1. The summed E-state index contributed by atoms with van der Waals surface area (Å²) in [7, 11) is 0. The van der Waals surface area contributed by atoms with Gasteiger partial charge in [-0.2, -0.15) is 0 Å². The minimum Gasteiger partial charge on any atom is -0.352 e. The van der Waals surface area contributed by atoms with Crippen LogP contribution in [0.2, 0.25) is 5.02 Å². The zero-order valence-electron chi connectivity index (χ0n) is 15.0. The Kier molecular flexibility index (Phi) is 6.59.